The van der Waals surface area contributed by atoms with Crippen molar-refractivity contribution in [3.05, 3.63) is 35.9 Å². The normalized spacial score (nSPS) is 16.3. The maximum atomic E-state index is 4.29. The average Bonchev–Trinajstić information content (AvgIpc) is 2.38. The summed E-state index contributed by atoms with van der Waals surface area (Å²) in [5, 5.41) is 7.45. The van der Waals surface area contributed by atoms with Gasteiger partial charge in [0.15, 0.2) is 0 Å². The minimum atomic E-state index is 0.765. The quantitative estimate of drug-likeness (QED) is 0.579. The minimum Gasteiger partial charge on any atom is -0.355 e. The van der Waals surface area contributed by atoms with Crippen molar-refractivity contribution in [2.75, 3.05) is 13.1 Å². The van der Waals surface area contributed by atoms with E-state index in [0.717, 1.165) is 36.7 Å². The first-order valence-corrected chi connectivity index (χ1v) is 5.50. The molecule has 1 aliphatic rings. The molecule has 0 spiro atoms. The fraction of sp³-hybridized carbons (Fsp3) is 0.333. The number of benzene rings is 1. The van der Waals surface area contributed by atoms with Gasteiger partial charge in [-0.1, -0.05) is 30.3 Å². The molecule has 4 heteroatoms. The monoisotopic (exact) mass is 216 g/mol. The highest BCUT2D eigenvalue weighted by Gasteiger charge is 2.02. The second-order valence-corrected chi connectivity index (χ2v) is 3.69. The van der Waals surface area contributed by atoms with E-state index in [9.17, 15) is 0 Å². The molecule has 2 rings (SSSR count). The molecule has 16 heavy (non-hydrogen) atoms. The van der Waals surface area contributed by atoms with E-state index in [4.69, 9.17) is 0 Å². The second kappa shape index (κ2) is 5.30. The molecule has 0 fully saturated rings. The Morgan fingerprint density at radius 3 is 2.88 bits per heavy atom. The van der Waals surface area contributed by atoms with Crippen LogP contribution in [0.4, 0.5) is 0 Å². The summed E-state index contributed by atoms with van der Waals surface area (Å²) in [7, 11) is 0. The van der Waals surface area contributed by atoms with Crippen molar-refractivity contribution in [3.8, 4) is 0 Å². The highest BCUT2D eigenvalue weighted by Crippen LogP contribution is 1.99. The number of hydrazone groups is 1. The Kier molecular flexibility index (Phi) is 3.53. The smallest absolute Gasteiger partial charge is 0.212 e. The number of nitrogens with one attached hydrogen (secondary N) is 2. The van der Waals surface area contributed by atoms with Crippen molar-refractivity contribution in [2.45, 2.75) is 13.3 Å². The molecule has 0 saturated heterocycles. The van der Waals surface area contributed by atoms with Gasteiger partial charge < -0.3 is 5.32 Å². The van der Waals surface area contributed by atoms with Crippen LogP contribution in [0.3, 0.4) is 0 Å². The Hall–Kier alpha value is -1.84. The van der Waals surface area contributed by atoms with Gasteiger partial charge in [-0.2, -0.15) is 5.10 Å². The number of aliphatic imine (C=N–C) groups is 1. The Bertz CT molecular complexity index is 395. The Morgan fingerprint density at radius 1 is 1.38 bits per heavy atom. The van der Waals surface area contributed by atoms with Crippen LogP contribution >= 0.6 is 0 Å². The zero-order chi connectivity index (χ0) is 11.2. The van der Waals surface area contributed by atoms with Gasteiger partial charge in [-0.05, 0) is 18.9 Å². The summed E-state index contributed by atoms with van der Waals surface area (Å²) in [5.74, 6) is 0.765. The van der Waals surface area contributed by atoms with Crippen molar-refractivity contribution in [2.24, 2.45) is 10.1 Å². The first kappa shape index (κ1) is 10.7. The van der Waals surface area contributed by atoms with E-state index in [-0.39, 0.29) is 0 Å². The summed E-state index contributed by atoms with van der Waals surface area (Å²) in [4.78, 5) is 4.28. The lowest BCUT2D eigenvalue weighted by atomic mass is 10.1. The SMILES string of the molecule is C/C(=N/NC1=NCCCN1)c1ccccc1. The Labute approximate surface area is 95.5 Å². The van der Waals surface area contributed by atoms with E-state index < -0.39 is 0 Å². The fourth-order valence-electron chi connectivity index (χ4n) is 1.49. The van der Waals surface area contributed by atoms with Gasteiger partial charge in [-0.15, -0.1) is 0 Å². The number of rotatable bonds is 2. The number of hydrogen-bond donors (Lipinski definition) is 2. The largest absolute Gasteiger partial charge is 0.355 e. The molecule has 2 N–H and O–H groups in total. The van der Waals surface area contributed by atoms with Gasteiger partial charge in [0.05, 0.1) is 5.71 Å². The molecule has 0 saturated carbocycles. The van der Waals surface area contributed by atoms with Crippen molar-refractivity contribution < 1.29 is 0 Å². The molecule has 0 bridgehead atoms. The zero-order valence-electron chi connectivity index (χ0n) is 9.40. The van der Waals surface area contributed by atoms with E-state index in [0.29, 0.717) is 0 Å². The van der Waals surface area contributed by atoms with Gasteiger partial charge >= 0.3 is 0 Å². The molecule has 1 aliphatic heterocycles. The lowest BCUT2D eigenvalue weighted by Gasteiger charge is -2.13. The van der Waals surface area contributed by atoms with Gasteiger partial charge in [0.25, 0.3) is 0 Å². The van der Waals surface area contributed by atoms with Crippen LogP contribution < -0.4 is 10.7 Å². The minimum absolute atomic E-state index is 0.765. The molecule has 4 nitrogen and oxygen atoms in total. The molecule has 84 valence electrons. The maximum absolute atomic E-state index is 4.29. The van der Waals surface area contributed by atoms with Crippen molar-refractivity contribution in [1.82, 2.24) is 10.7 Å². The van der Waals surface area contributed by atoms with Crippen molar-refractivity contribution >= 4 is 11.7 Å². The molecule has 0 unspecified atom stereocenters. The highest BCUT2D eigenvalue weighted by molar-refractivity contribution is 5.99. The first-order chi connectivity index (χ1) is 7.86. The summed E-state index contributed by atoms with van der Waals surface area (Å²) >= 11 is 0. The number of guanidine groups is 1. The Balaban J connectivity index is 1.99. The summed E-state index contributed by atoms with van der Waals surface area (Å²) in [5.41, 5.74) is 5.02. The fourth-order valence-corrected chi connectivity index (χ4v) is 1.49. The van der Waals surface area contributed by atoms with E-state index in [2.05, 4.69) is 20.8 Å². The van der Waals surface area contributed by atoms with E-state index >= 15 is 0 Å². The zero-order valence-corrected chi connectivity index (χ0v) is 9.40. The van der Waals surface area contributed by atoms with Gasteiger partial charge in [0.2, 0.25) is 5.96 Å². The third-order valence-corrected chi connectivity index (χ3v) is 2.42. The predicted octanol–water partition coefficient (Wildman–Crippen LogP) is 1.35. The topological polar surface area (TPSA) is 48.8 Å². The predicted molar refractivity (Wildman–Crippen MR) is 66.7 cm³/mol. The standard InChI is InChI=1S/C12H16N4/c1-10(11-6-3-2-4-7-11)15-16-12-13-8-5-9-14-12/h2-4,6-7H,5,8-9H2,1H3,(H2,13,14,16)/b15-10-. The van der Waals surface area contributed by atoms with Gasteiger partial charge in [-0.3, -0.25) is 4.99 Å². The van der Waals surface area contributed by atoms with Crippen LogP contribution in [0.15, 0.2) is 40.4 Å². The molecule has 0 amide bonds. The van der Waals surface area contributed by atoms with Crippen LogP contribution in [0, 0.1) is 0 Å². The number of nitrogens with zero attached hydrogens (tertiary/aromatic N) is 2. The third-order valence-electron chi connectivity index (χ3n) is 2.42. The Morgan fingerprint density at radius 2 is 2.19 bits per heavy atom. The first-order valence-electron chi connectivity index (χ1n) is 5.50. The van der Waals surface area contributed by atoms with Crippen molar-refractivity contribution in [3.63, 3.8) is 0 Å². The average molecular weight is 216 g/mol. The molecular formula is C12H16N4. The lowest BCUT2D eigenvalue weighted by molar-refractivity contribution is 0.711. The molecule has 0 radical (unpaired) electrons. The van der Waals surface area contributed by atoms with Crippen LogP contribution in [0.5, 0.6) is 0 Å². The highest BCUT2D eigenvalue weighted by atomic mass is 15.4. The third kappa shape index (κ3) is 2.82. The summed E-state index contributed by atoms with van der Waals surface area (Å²) in [6.07, 6.45) is 1.09. The van der Waals surface area contributed by atoms with Gasteiger partial charge in [0.1, 0.15) is 0 Å². The van der Waals surface area contributed by atoms with Crippen LogP contribution in [0.2, 0.25) is 0 Å². The van der Waals surface area contributed by atoms with Crippen LogP contribution in [-0.2, 0) is 0 Å². The van der Waals surface area contributed by atoms with E-state index in [1.807, 2.05) is 37.3 Å². The summed E-state index contributed by atoms with van der Waals surface area (Å²) in [6, 6.07) is 10.1. The molecular weight excluding hydrogens is 200 g/mol. The van der Waals surface area contributed by atoms with Gasteiger partial charge in [0, 0.05) is 13.1 Å². The second-order valence-electron chi connectivity index (χ2n) is 3.69. The van der Waals surface area contributed by atoms with Gasteiger partial charge in [-0.25, -0.2) is 5.43 Å². The molecule has 1 aromatic carbocycles. The van der Waals surface area contributed by atoms with E-state index in [1.54, 1.807) is 0 Å². The van der Waals surface area contributed by atoms with Crippen LogP contribution in [0.25, 0.3) is 0 Å². The van der Waals surface area contributed by atoms with E-state index in [1.165, 1.54) is 0 Å². The van der Waals surface area contributed by atoms with Crippen LogP contribution in [-0.4, -0.2) is 24.8 Å². The molecule has 1 aromatic rings. The molecule has 0 atom stereocenters. The molecule has 0 aromatic heterocycles. The lowest BCUT2D eigenvalue weighted by Crippen LogP contribution is -2.38. The molecule has 0 aliphatic carbocycles. The van der Waals surface area contributed by atoms with Crippen molar-refractivity contribution in [1.29, 1.82) is 0 Å². The number of hydrogen-bond acceptors (Lipinski definition) is 4. The summed E-state index contributed by atoms with van der Waals surface area (Å²) in [6.45, 7) is 3.81. The molecule has 1 heterocycles. The maximum Gasteiger partial charge on any atom is 0.212 e. The van der Waals surface area contributed by atoms with Crippen LogP contribution in [0.1, 0.15) is 18.9 Å². The summed E-state index contributed by atoms with van der Waals surface area (Å²) < 4.78 is 0.